The number of rotatable bonds is 7. The Balaban J connectivity index is 1.98. The second-order valence-electron chi connectivity index (χ2n) is 6.26. The van der Waals surface area contributed by atoms with Gasteiger partial charge in [0.05, 0.1) is 15.1 Å². The average molecular weight is 435 g/mol. The van der Waals surface area contributed by atoms with Crippen molar-refractivity contribution in [1.29, 1.82) is 0 Å². The van der Waals surface area contributed by atoms with Crippen molar-refractivity contribution in [2.45, 2.75) is 24.8 Å². The van der Waals surface area contributed by atoms with Crippen molar-refractivity contribution in [1.82, 2.24) is 4.57 Å². The maximum atomic E-state index is 12.5. The van der Waals surface area contributed by atoms with Crippen LogP contribution in [0.4, 0.5) is 0 Å². The number of aryl methyl sites for hydroxylation is 2. The van der Waals surface area contributed by atoms with Crippen LogP contribution >= 0.6 is 23.1 Å². The van der Waals surface area contributed by atoms with E-state index in [0.29, 0.717) is 11.3 Å². The molecule has 3 aromatic rings. The van der Waals surface area contributed by atoms with E-state index in [2.05, 4.69) is 30.1 Å². The number of fused-ring (bicyclic) bond motifs is 1. The fraction of sp³-hybridized carbons (Fsp3) is 0.300. The number of nitrogens with zero attached hydrogens (tertiary/aromatic N) is 2. The molecule has 0 aliphatic rings. The predicted molar refractivity (Wildman–Crippen MR) is 117 cm³/mol. The summed E-state index contributed by atoms with van der Waals surface area (Å²) in [4.78, 5) is 17.3. The largest absolute Gasteiger partial charge is 0.316 e. The van der Waals surface area contributed by atoms with Gasteiger partial charge in [0.1, 0.15) is 5.75 Å². The van der Waals surface area contributed by atoms with Gasteiger partial charge in [-0.1, -0.05) is 42.5 Å². The molecule has 1 aromatic heterocycles. The zero-order valence-corrected chi connectivity index (χ0v) is 18.2. The van der Waals surface area contributed by atoms with Gasteiger partial charge in [0.25, 0.3) is 5.91 Å². The standard InChI is InChI=1S/C20H22N2O3S3/c1-3-15-9-10-17-18(13-15)27-20(22(17)11-12-26-2)21-19(23)14-28(24,25)16-7-5-4-6-8-16/h4-10,13H,3,11-12,14H2,1-2H3. The van der Waals surface area contributed by atoms with E-state index in [4.69, 9.17) is 0 Å². The molecular weight excluding hydrogens is 412 g/mol. The van der Waals surface area contributed by atoms with Crippen LogP contribution in [0.25, 0.3) is 10.2 Å². The monoisotopic (exact) mass is 434 g/mol. The van der Waals surface area contributed by atoms with Crippen molar-refractivity contribution in [3.63, 3.8) is 0 Å². The fourth-order valence-electron chi connectivity index (χ4n) is 2.83. The minimum atomic E-state index is -3.70. The van der Waals surface area contributed by atoms with Crippen LogP contribution in [0, 0.1) is 0 Å². The van der Waals surface area contributed by atoms with Crippen molar-refractivity contribution in [3.8, 4) is 0 Å². The van der Waals surface area contributed by atoms with Crippen LogP contribution in [0.3, 0.4) is 0 Å². The average Bonchev–Trinajstić information content (AvgIpc) is 3.02. The molecule has 0 aliphatic heterocycles. The summed E-state index contributed by atoms with van der Waals surface area (Å²) < 4.78 is 28.0. The number of carbonyl (C=O) groups is 1. The topological polar surface area (TPSA) is 68.5 Å². The number of thioether (sulfide) groups is 1. The molecule has 28 heavy (non-hydrogen) atoms. The molecule has 148 valence electrons. The summed E-state index contributed by atoms with van der Waals surface area (Å²) in [6.45, 7) is 2.81. The van der Waals surface area contributed by atoms with Crippen molar-refractivity contribution in [3.05, 3.63) is 58.9 Å². The number of benzene rings is 2. The molecule has 1 heterocycles. The van der Waals surface area contributed by atoms with Gasteiger partial charge < -0.3 is 4.57 Å². The summed E-state index contributed by atoms with van der Waals surface area (Å²) in [5.74, 6) is -0.400. The highest BCUT2D eigenvalue weighted by molar-refractivity contribution is 7.98. The second kappa shape index (κ2) is 9.07. The summed E-state index contributed by atoms with van der Waals surface area (Å²) in [5.41, 5.74) is 2.24. The molecule has 0 spiro atoms. The number of amides is 1. The summed E-state index contributed by atoms with van der Waals surface area (Å²) >= 11 is 3.14. The third-order valence-corrected chi connectivity index (χ3v) is 7.56. The SMILES string of the molecule is CCc1ccc2c(c1)sc(=NC(=O)CS(=O)(=O)c1ccccc1)n2CCSC. The van der Waals surface area contributed by atoms with Crippen LogP contribution in [-0.4, -0.2) is 36.7 Å². The van der Waals surface area contributed by atoms with Gasteiger partial charge >= 0.3 is 0 Å². The van der Waals surface area contributed by atoms with E-state index in [1.807, 2.05) is 10.8 Å². The Morgan fingerprint density at radius 1 is 1.18 bits per heavy atom. The van der Waals surface area contributed by atoms with Gasteiger partial charge in [0.2, 0.25) is 0 Å². The minimum absolute atomic E-state index is 0.137. The lowest BCUT2D eigenvalue weighted by molar-refractivity contribution is -0.115. The Kier molecular flexibility index (Phi) is 6.74. The van der Waals surface area contributed by atoms with Gasteiger partial charge in [0.15, 0.2) is 14.6 Å². The van der Waals surface area contributed by atoms with Crippen LogP contribution in [0.2, 0.25) is 0 Å². The third kappa shape index (κ3) is 4.74. The summed E-state index contributed by atoms with van der Waals surface area (Å²) in [6, 6.07) is 14.2. The molecule has 1 amide bonds. The molecule has 0 radical (unpaired) electrons. The lowest BCUT2D eigenvalue weighted by Crippen LogP contribution is -2.21. The maximum Gasteiger partial charge on any atom is 0.263 e. The zero-order valence-electron chi connectivity index (χ0n) is 15.8. The van der Waals surface area contributed by atoms with E-state index in [1.165, 1.54) is 29.0 Å². The van der Waals surface area contributed by atoms with Gasteiger partial charge in [-0.2, -0.15) is 16.8 Å². The van der Waals surface area contributed by atoms with Gasteiger partial charge in [0, 0.05) is 12.3 Å². The first-order valence-electron chi connectivity index (χ1n) is 8.91. The fourth-order valence-corrected chi connectivity index (χ4v) is 5.46. The van der Waals surface area contributed by atoms with Crippen molar-refractivity contribution in [2.75, 3.05) is 17.8 Å². The van der Waals surface area contributed by atoms with Crippen LogP contribution in [0.5, 0.6) is 0 Å². The lowest BCUT2D eigenvalue weighted by Gasteiger charge is -2.04. The summed E-state index contributed by atoms with van der Waals surface area (Å²) in [7, 11) is -3.70. The smallest absolute Gasteiger partial charge is 0.263 e. The molecule has 0 bridgehead atoms. The quantitative estimate of drug-likeness (QED) is 0.570. The summed E-state index contributed by atoms with van der Waals surface area (Å²) in [5, 5.41) is 0. The second-order valence-corrected chi connectivity index (χ2v) is 10.2. The number of aromatic nitrogens is 1. The highest BCUT2D eigenvalue weighted by atomic mass is 32.2. The van der Waals surface area contributed by atoms with E-state index in [1.54, 1.807) is 30.0 Å². The van der Waals surface area contributed by atoms with Gasteiger partial charge in [-0.3, -0.25) is 4.79 Å². The van der Waals surface area contributed by atoms with Crippen LogP contribution in [0.15, 0.2) is 58.4 Å². The lowest BCUT2D eigenvalue weighted by atomic mass is 10.2. The van der Waals surface area contributed by atoms with Crippen molar-refractivity contribution < 1.29 is 13.2 Å². The van der Waals surface area contributed by atoms with Crippen LogP contribution < -0.4 is 4.80 Å². The van der Waals surface area contributed by atoms with Gasteiger partial charge in [-0.05, 0) is 42.5 Å². The van der Waals surface area contributed by atoms with Crippen molar-refractivity contribution in [2.24, 2.45) is 4.99 Å². The molecule has 0 fully saturated rings. The molecule has 0 atom stereocenters. The maximum absolute atomic E-state index is 12.5. The Labute approximate surface area is 173 Å². The van der Waals surface area contributed by atoms with E-state index in [-0.39, 0.29) is 4.90 Å². The Morgan fingerprint density at radius 2 is 1.93 bits per heavy atom. The van der Waals surface area contributed by atoms with Gasteiger partial charge in [-0.25, -0.2) is 8.42 Å². The van der Waals surface area contributed by atoms with Crippen LogP contribution in [0.1, 0.15) is 12.5 Å². The first-order chi connectivity index (χ1) is 13.4. The molecule has 5 nitrogen and oxygen atoms in total. The molecule has 0 saturated heterocycles. The first kappa shape index (κ1) is 20.8. The normalized spacial score (nSPS) is 12.6. The Bertz CT molecular complexity index is 1150. The number of carbonyl (C=O) groups excluding carboxylic acids is 1. The highest BCUT2D eigenvalue weighted by Crippen LogP contribution is 2.20. The van der Waals surface area contributed by atoms with E-state index >= 15 is 0 Å². The minimum Gasteiger partial charge on any atom is -0.316 e. The van der Waals surface area contributed by atoms with Gasteiger partial charge in [-0.15, -0.1) is 0 Å². The zero-order chi connectivity index (χ0) is 20.1. The number of hydrogen-bond acceptors (Lipinski definition) is 5. The Morgan fingerprint density at radius 3 is 2.61 bits per heavy atom. The molecule has 8 heteroatoms. The number of thiazole rings is 1. The Hall–Kier alpha value is -1.90. The number of hydrogen-bond donors (Lipinski definition) is 0. The summed E-state index contributed by atoms with van der Waals surface area (Å²) in [6.07, 6.45) is 2.96. The molecule has 2 aromatic carbocycles. The van der Waals surface area contributed by atoms with Crippen LogP contribution in [-0.2, 0) is 27.6 Å². The third-order valence-electron chi connectivity index (χ3n) is 4.31. The molecule has 0 N–H and O–H groups in total. The molecule has 0 unspecified atom stereocenters. The van der Waals surface area contributed by atoms with E-state index in [9.17, 15) is 13.2 Å². The molecular formula is C20H22N2O3S3. The highest BCUT2D eigenvalue weighted by Gasteiger charge is 2.19. The van der Waals surface area contributed by atoms with E-state index in [0.717, 1.165) is 22.4 Å². The predicted octanol–water partition coefficient (Wildman–Crippen LogP) is 3.53. The van der Waals surface area contributed by atoms with Crippen molar-refractivity contribution >= 4 is 49.1 Å². The molecule has 0 aliphatic carbocycles. The van der Waals surface area contributed by atoms with E-state index < -0.39 is 21.5 Å². The number of sulfone groups is 1. The molecule has 3 rings (SSSR count). The molecule has 0 saturated carbocycles. The first-order valence-corrected chi connectivity index (χ1v) is 12.8.